The van der Waals surface area contributed by atoms with Crippen LogP contribution in [0.25, 0.3) is 16.9 Å². The van der Waals surface area contributed by atoms with E-state index in [1.807, 2.05) is 43.3 Å². The molecule has 3 aromatic heterocycles. The highest BCUT2D eigenvalue weighted by atomic mass is 16.2. The molecule has 1 aromatic carbocycles. The number of pyridine rings is 2. The fourth-order valence-electron chi connectivity index (χ4n) is 2.86. The van der Waals surface area contributed by atoms with Crippen molar-refractivity contribution < 1.29 is 4.79 Å². The summed E-state index contributed by atoms with van der Waals surface area (Å²) in [6, 6.07) is 16.8. The van der Waals surface area contributed by atoms with Crippen molar-refractivity contribution in [3.8, 4) is 16.9 Å². The predicted molar refractivity (Wildman–Crippen MR) is 111 cm³/mol. The highest BCUT2D eigenvalue weighted by molar-refractivity contribution is 5.95. The number of aryl methyl sites for hydroxylation is 1. The molecule has 0 spiro atoms. The molecular weight excluding hydrogens is 364 g/mol. The van der Waals surface area contributed by atoms with E-state index in [4.69, 9.17) is 0 Å². The Bertz CT molecular complexity index is 1150. The van der Waals surface area contributed by atoms with Gasteiger partial charge in [0, 0.05) is 30.4 Å². The molecule has 4 aromatic rings. The second-order valence-electron chi connectivity index (χ2n) is 6.33. The number of amides is 1. The van der Waals surface area contributed by atoms with E-state index in [2.05, 4.69) is 25.6 Å². The number of nitrogens with one attached hydrogen (secondary N) is 1. The number of carbonyl (C=O) groups excluding carboxylic acids is 1. The van der Waals surface area contributed by atoms with Gasteiger partial charge in [-0.3, -0.25) is 14.8 Å². The zero-order valence-electron chi connectivity index (χ0n) is 15.7. The van der Waals surface area contributed by atoms with Crippen LogP contribution in [-0.2, 0) is 0 Å². The van der Waals surface area contributed by atoms with Crippen molar-refractivity contribution in [2.24, 2.45) is 5.10 Å². The Hall–Kier alpha value is -4.13. The normalized spacial score (nSPS) is 10.9. The van der Waals surface area contributed by atoms with E-state index >= 15 is 0 Å². The van der Waals surface area contributed by atoms with Gasteiger partial charge in [0.2, 0.25) is 0 Å². The van der Waals surface area contributed by atoms with Gasteiger partial charge < -0.3 is 0 Å². The minimum atomic E-state index is -0.360. The predicted octanol–water partition coefficient (Wildman–Crippen LogP) is 3.40. The van der Waals surface area contributed by atoms with E-state index in [-0.39, 0.29) is 5.91 Å². The van der Waals surface area contributed by atoms with Crippen LogP contribution in [0.15, 0.2) is 84.5 Å². The number of hydrazone groups is 1. The summed E-state index contributed by atoms with van der Waals surface area (Å²) in [7, 11) is 0. The van der Waals surface area contributed by atoms with Gasteiger partial charge in [-0.15, -0.1) is 0 Å². The smallest absolute Gasteiger partial charge is 0.266 e. The standard InChI is InChI=1S/C22H18N6O/c1-16-5-2-3-7-20(16)28-21(13-19(27-28)18-6-4-10-24-15-18)22(29)26-25-14-17-8-11-23-12-9-17/h2-15H,1H3,(H,26,29)/b25-14-. The molecule has 0 saturated heterocycles. The highest BCUT2D eigenvalue weighted by Crippen LogP contribution is 2.22. The van der Waals surface area contributed by atoms with Crippen LogP contribution >= 0.6 is 0 Å². The molecule has 0 atom stereocenters. The van der Waals surface area contributed by atoms with Crippen LogP contribution in [-0.4, -0.2) is 31.9 Å². The average Bonchev–Trinajstić information content (AvgIpc) is 3.21. The van der Waals surface area contributed by atoms with Crippen molar-refractivity contribution in [2.75, 3.05) is 0 Å². The van der Waals surface area contributed by atoms with Gasteiger partial charge >= 0.3 is 0 Å². The van der Waals surface area contributed by atoms with E-state index in [1.165, 1.54) is 0 Å². The fraction of sp³-hybridized carbons (Fsp3) is 0.0455. The van der Waals surface area contributed by atoms with Crippen molar-refractivity contribution in [2.45, 2.75) is 6.92 Å². The maximum atomic E-state index is 12.9. The Labute approximate surface area is 167 Å². The number of hydrogen-bond acceptors (Lipinski definition) is 5. The first kappa shape index (κ1) is 18.2. The van der Waals surface area contributed by atoms with E-state index in [0.717, 1.165) is 22.4 Å². The summed E-state index contributed by atoms with van der Waals surface area (Å²) in [4.78, 5) is 21.0. The van der Waals surface area contributed by atoms with Crippen LogP contribution < -0.4 is 5.43 Å². The molecule has 0 aliphatic heterocycles. The van der Waals surface area contributed by atoms with Gasteiger partial charge in [-0.05, 0) is 54.4 Å². The lowest BCUT2D eigenvalue weighted by Gasteiger charge is -2.09. The first-order valence-electron chi connectivity index (χ1n) is 9.02. The Morgan fingerprint density at radius 1 is 1.03 bits per heavy atom. The Kier molecular flexibility index (Phi) is 5.20. The average molecular weight is 382 g/mol. The number of benzene rings is 1. The molecule has 0 radical (unpaired) electrons. The van der Waals surface area contributed by atoms with Gasteiger partial charge in [-0.2, -0.15) is 10.2 Å². The Morgan fingerprint density at radius 3 is 2.62 bits per heavy atom. The Balaban J connectivity index is 1.69. The van der Waals surface area contributed by atoms with Gasteiger partial charge in [-0.25, -0.2) is 10.1 Å². The number of hydrogen-bond donors (Lipinski definition) is 1. The summed E-state index contributed by atoms with van der Waals surface area (Å²) in [5, 5.41) is 8.71. The van der Waals surface area contributed by atoms with E-state index in [9.17, 15) is 4.79 Å². The monoisotopic (exact) mass is 382 g/mol. The van der Waals surface area contributed by atoms with Crippen LogP contribution in [0.5, 0.6) is 0 Å². The van der Waals surface area contributed by atoms with Crippen molar-refractivity contribution in [1.82, 2.24) is 25.2 Å². The molecule has 0 saturated carbocycles. The van der Waals surface area contributed by atoms with Crippen LogP contribution in [0, 0.1) is 6.92 Å². The largest absolute Gasteiger partial charge is 0.290 e. The van der Waals surface area contributed by atoms with Gasteiger partial charge in [-0.1, -0.05) is 18.2 Å². The summed E-state index contributed by atoms with van der Waals surface area (Å²) >= 11 is 0. The molecule has 0 aliphatic rings. The number of para-hydroxylation sites is 1. The second kappa shape index (κ2) is 8.26. The fourth-order valence-corrected chi connectivity index (χ4v) is 2.86. The summed E-state index contributed by atoms with van der Waals surface area (Å²) in [5.74, 6) is -0.360. The summed E-state index contributed by atoms with van der Waals surface area (Å²) < 4.78 is 1.63. The number of aromatic nitrogens is 4. The molecule has 142 valence electrons. The number of rotatable bonds is 5. The lowest BCUT2D eigenvalue weighted by atomic mass is 10.2. The van der Waals surface area contributed by atoms with Crippen molar-refractivity contribution >= 4 is 12.1 Å². The third-order valence-electron chi connectivity index (χ3n) is 4.33. The molecule has 1 N–H and O–H groups in total. The van der Waals surface area contributed by atoms with Gasteiger partial charge in [0.25, 0.3) is 5.91 Å². The second-order valence-corrected chi connectivity index (χ2v) is 6.33. The highest BCUT2D eigenvalue weighted by Gasteiger charge is 2.18. The molecular formula is C22H18N6O. The summed E-state index contributed by atoms with van der Waals surface area (Å²) in [6.45, 7) is 1.98. The van der Waals surface area contributed by atoms with E-state index in [1.54, 1.807) is 53.9 Å². The topological polar surface area (TPSA) is 85.1 Å². The SMILES string of the molecule is Cc1ccccc1-n1nc(-c2cccnc2)cc1C(=O)N/N=C\c1ccncc1. The van der Waals surface area contributed by atoms with E-state index < -0.39 is 0 Å². The first-order chi connectivity index (χ1) is 14.2. The zero-order chi connectivity index (χ0) is 20.1. The molecule has 4 rings (SSSR count). The maximum absolute atomic E-state index is 12.9. The molecule has 7 nitrogen and oxygen atoms in total. The van der Waals surface area contributed by atoms with Crippen LogP contribution in [0.4, 0.5) is 0 Å². The number of carbonyl (C=O) groups is 1. The summed E-state index contributed by atoms with van der Waals surface area (Å²) in [5.41, 5.74) is 7.10. The third-order valence-corrected chi connectivity index (χ3v) is 4.33. The maximum Gasteiger partial charge on any atom is 0.290 e. The van der Waals surface area contributed by atoms with Gasteiger partial charge in [0.05, 0.1) is 17.6 Å². The molecule has 0 bridgehead atoms. The Morgan fingerprint density at radius 2 is 1.86 bits per heavy atom. The van der Waals surface area contributed by atoms with Crippen molar-refractivity contribution in [1.29, 1.82) is 0 Å². The number of nitrogens with zero attached hydrogens (tertiary/aromatic N) is 5. The lowest BCUT2D eigenvalue weighted by molar-refractivity contribution is 0.0947. The molecule has 29 heavy (non-hydrogen) atoms. The van der Waals surface area contributed by atoms with Gasteiger partial charge in [0.1, 0.15) is 5.69 Å². The minimum absolute atomic E-state index is 0.360. The molecule has 0 unspecified atom stereocenters. The van der Waals surface area contributed by atoms with Crippen LogP contribution in [0.2, 0.25) is 0 Å². The minimum Gasteiger partial charge on any atom is -0.266 e. The van der Waals surface area contributed by atoms with Crippen molar-refractivity contribution in [3.63, 3.8) is 0 Å². The molecule has 0 fully saturated rings. The molecule has 0 aliphatic carbocycles. The van der Waals surface area contributed by atoms with Crippen molar-refractivity contribution in [3.05, 3.63) is 96.2 Å². The molecule has 7 heteroatoms. The quantitative estimate of drug-likeness (QED) is 0.423. The molecule has 1 amide bonds. The summed E-state index contributed by atoms with van der Waals surface area (Å²) in [6.07, 6.45) is 8.31. The third kappa shape index (κ3) is 4.08. The first-order valence-corrected chi connectivity index (χ1v) is 9.02. The van der Waals surface area contributed by atoms with Gasteiger partial charge in [0.15, 0.2) is 0 Å². The van der Waals surface area contributed by atoms with Crippen LogP contribution in [0.1, 0.15) is 21.6 Å². The van der Waals surface area contributed by atoms with Crippen LogP contribution in [0.3, 0.4) is 0 Å². The molecule has 3 heterocycles. The lowest BCUT2D eigenvalue weighted by Crippen LogP contribution is -2.21. The van der Waals surface area contributed by atoms with E-state index in [0.29, 0.717) is 11.4 Å². The zero-order valence-corrected chi connectivity index (χ0v) is 15.7.